The van der Waals surface area contributed by atoms with E-state index >= 15 is 0 Å². The lowest BCUT2D eigenvalue weighted by molar-refractivity contribution is -0.383. The summed E-state index contributed by atoms with van der Waals surface area (Å²) in [6.45, 7) is 0. The zero-order chi connectivity index (χ0) is 10.2. The summed E-state index contributed by atoms with van der Waals surface area (Å²) in [4.78, 5) is 9.28. The van der Waals surface area contributed by atoms with Gasteiger partial charge in [0, 0.05) is 0 Å². The summed E-state index contributed by atoms with van der Waals surface area (Å²) in [6.07, 6.45) is 0. The molecule has 0 saturated heterocycles. The lowest BCUT2D eigenvalue weighted by atomic mass is 9.79. The van der Waals surface area contributed by atoms with Crippen LogP contribution in [0.2, 0.25) is 0 Å². The Labute approximate surface area is 74.7 Å². The maximum Gasteiger partial charge on any atom is 0.264 e. The molecule has 7 heteroatoms. The topological polar surface area (TPSA) is 43.1 Å². The Morgan fingerprint density at radius 2 is 1.85 bits per heavy atom. The van der Waals surface area contributed by atoms with Gasteiger partial charge in [-0.05, 0) is 5.46 Å². The van der Waals surface area contributed by atoms with Gasteiger partial charge in [-0.2, -0.15) is 0 Å². The number of rotatable bonds is 1. The maximum atomic E-state index is 12.6. The summed E-state index contributed by atoms with van der Waals surface area (Å²) in [6, 6.07) is 0.390. The first-order chi connectivity index (χ1) is 5.95. The van der Waals surface area contributed by atoms with E-state index in [9.17, 15) is 18.9 Å². The Kier molecular flexibility index (Phi) is 2.36. The van der Waals surface area contributed by atoms with Crippen LogP contribution in [0.5, 0.6) is 0 Å². The minimum atomic E-state index is -1.39. The molecule has 0 heterocycles. The molecule has 0 amide bonds. The van der Waals surface area contributed by atoms with Gasteiger partial charge in [0.2, 0.25) is 0 Å². The molecule has 0 spiro atoms. The van der Waals surface area contributed by atoms with E-state index in [4.69, 9.17) is 15.7 Å². The molecule has 0 unspecified atom stereocenters. The monoisotopic (exact) mass is 179 g/mol. The Morgan fingerprint density at radius 1 is 1.31 bits per heavy atom. The molecule has 1 aromatic carbocycles. The SMILES string of the molecule is [B]c1c([N+](=O)[O-])cc(F)c(F)c1[B]. The summed E-state index contributed by atoms with van der Waals surface area (Å²) in [5, 5.41) is 10.2. The van der Waals surface area contributed by atoms with Crippen molar-refractivity contribution in [3.05, 3.63) is 27.8 Å². The second-order valence-corrected chi connectivity index (χ2v) is 2.28. The van der Waals surface area contributed by atoms with Gasteiger partial charge >= 0.3 is 0 Å². The number of nitro benzene ring substituents is 1. The molecule has 1 aromatic rings. The number of halogens is 2. The van der Waals surface area contributed by atoms with Crippen LogP contribution in [-0.4, -0.2) is 20.6 Å². The molecule has 0 bridgehead atoms. The van der Waals surface area contributed by atoms with Gasteiger partial charge in [0.1, 0.15) is 15.7 Å². The number of hydrogen-bond donors (Lipinski definition) is 0. The molecule has 4 radical (unpaired) electrons. The van der Waals surface area contributed by atoms with Gasteiger partial charge in [-0.15, -0.1) is 0 Å². The zero-order valence-corrected chi connectivity index (χ0v) is 6.25. The average Bonchev–Trinajstić information content (AvgIpc) is 2.07. The van der Waals surface area contributed by atoms with Crippen LogP contribution in [0.1, 0.15) is 0 Å². The van der Waals surface area contributed by atoms with Crippen LogP contribution in [0.25, 0.3) is 0 Å². The molecular formula is C6HB2F2NO2. The van der Waals surface area contributed by atoms with Crippen LogP contribution in [0.3, 0.4) is 0 Å². The van der Waals surface area contributed by atoms with E-state index in [1.165, 1.54) is 0 Å². The third-order valence-corrected chi connectivity index (χ3v) is 1.47. The molecule has 0 fully saturated rings. The molecule has 3 nitrogen and oxygen atoms in total. The van der Waals surface area contributed by atoms with Crippen molar-refractivity contribution < 1.29 is 13.7 Å². The molecule has 0 aliphatic rings. The van der Waals surface area contributed by atoms with Crippen LogP contribution in [0, 0.1) is 21.7 Å². The van der Waals surface area contributed by atoms with Crippen molar-refractivity contribution in [2.24, 2.45) is 0 Å². The summed E-state index contributed by atoms with van der Waals surface area (Å²) in [5.74, 6) is -2.76. The fraction of sp³-hybridized carbons (Fsp3) is 0. The van der Waals surface area contributed by atoms with Crippen LogP contribution < -0.4 is 10.9 Å². The van der Waals surface area contributed by atoms with E-state index in [-0.39, 0.29) is 0 Å². The molecule has 0 aliphatic heterocycles. The first kappa shape index (κ1) is 9.70. The van der Waals surface area contributed by atoms with E-state index in [0.29, 0.717) is 6.07 Å². The van der Waals surface area contributed by atoms with Crippen molar-refractivity contribution in [3.63, 3.8) is 0 Å². The van der Waals surface area contributed by atoms with Crippen LogP contribution in [0.4, 0.5) is 14.5 Å². The lowest BCUT2D eigenvalue weighted by Gasteiger charge is -2.04. The fourth-order valence-electron chi connectivity index (χ4n) is 0.797. The molecule has 0 aliphatic carbocycles. The first-order valence-electron chi connectivity index (χ1n) is 3.12. The van der Waals surface area contributed by atoms with Crippen molar-refractivity contribution in [1.82, 2.24) is 0 Å². The smallest absolute Gasteiger partial charge is 0.258 e. The standard InChI is InChI=1S/C6HB2F2NO2/c7-4-3(11(12)13)1-2(9)6(10)5(4)8/h1H. The second-order valence-electron chi connectivity index (χ2n) is 2.28. The fourth-order valence-corrected chi connectivity index (χ4v) is 0.797. The lowest BCUT2D eigenvalue weighted by Crippen LogP contribution is -2.32. The highest BCUT2D eigenvalue weighted by Gasteiger charge is 2.18. The van der Waals surface area contributed by atoms with Crippen molar-refractivity contribution >= 4 is 32.3 Å². The molecule has 0 N–H and O–H groups in total. The van der Waals surface area contributed by atoms with E-state index in [1.807, 2.05) is 0 Å². The molecule has 0 atom stereocenters. The Balaban J connectivity index is 3.50. The van der Waals surface area contributed by atoms with Gasteiger partial charge in [0.15, 0.2) is 11.6 Å². The Morgan fingerprint density at radius 3 is 2.31 bits per heavy atom. The summed E-state index contributed by atoms with van der Waals surface area (Å²) in [5.41, 5.74) is -2.05. The summed E-state index contributed by atoms with van der Waals surface area (Å²) >= 11 is 0. The Bertz CT molecular complexity index is 383. The number of hydrogen-bond acceptors (Lipinski definition) is 2. The first-order valence-corrected chi connectivity index (χ1v) is 3.12. The third kappa shape index (κ3) is 1.54. The van der Waals surface area contributed by atoms with Gasteiger partial charge in [0.25, 0.3) is 5.69 Å². The van der Waals surface area contributed by atoms with Crippen LogP contribution in [0.15, 0.2) is 6.07 Å². The van der Waals surface area contributed by atoms with Crippen molar-refractivity contribution in [1.29, 1.82) is 0 Å². The van der Waals surface area contributed by atoms with Crippen molar-refractivity contribution in [2.45, 2.75) is 0 Å². The molecular weight excluding hydrogens is 178 g/mol. The van der Waals surface area contributed by atoms with E-state index in [0.717, 1.165) is 0 Å². The van der Waals surface area contributed by atoms with E-state index < -0.39 is 33.2 Å². The number of nitrogens with zero attached hydrogens (tertiary/aromatic N) is 1. The average molecular weight is 179 g/mol. The van der Waals surface area contributed by atoms with Crippen molar-refractivity contribution in [2.75, 3.05) is 0 Å². The number of nitro groups is 1. The van der Waals surface area contributed by atoms with Crippen molar-refractivity contribution in [3.8, 4) is 0 Å². The summed E-state index contributed by atoms with van der Waals surface area (Å²) < 4.78 is 25.2. The number of benzene rings is 1. The molecule has 0 saturated carbocycles. The molecule has 62 valence electrons. The zero-order valence-electron chi connectivity index (χ0n) is 6.25. The highest BCUT2D eigenvalue weighted by Crippen LogP contribution is 2.10. The van der Waals surface area contributed by atoms with Crippen LogP contribution in [-0.2, 0) is 0 Å². The molecule has 0 aromatic heterocycles. The predicted octanol–water partition coefficient (Wildman–Crippen LogP) is -0.539. The Hall–Kier alpha value is -1.39. The van der Waals surface area contributed by atoms with E-state index in [2.05, 4.69) is 0 Å². The maximum absolute atomic E-state index is 12.6. The summed E-state index contributed by atoms with van der Waals surface area (Å²) in [7, 11) is 10.1. The van der Waals surface area contributed by atoms with E-state index in [1.54, 1.807) is 0 Å². The predicted molar refractivity (Wildman–Crippen MR) is 43.8 cm³/mol. The largest absolute Gasteiger partial charge is 0.264 e. The molecule has 1 rings (SSSR count). The second kappa shape index (κ2) is 3.16. The third-order valence-electron chi connectivity index (χ3n) is 1.47. The minimum Gasteiger partial charge on any atom is -0.258 e. The van der Waals surface area contributed by atoms with Gasteiger partial charge in [-0.1, -0.05) is 5.46 Å². The highest BCUT2D eigenvalue weighted by atomic mass is 19.2. The van der Waals surface area contributed by atoms with Gasteiger partial charge < -0.3 is 0 Å². The minimum absolute atomic E-state index is 0.390. The highest BCUT2D eigenvalue weighted by molar-refractivity contribution is 6.50. The normalized spacial score (nSPS) is 10.0. The van der Waals surface area contributed by atoms with Gasteiger partial charge in [-0.3, -0.25) is 10.1 Å². The van der Waals surface area contributed by atoms with Crippen LogP contribution >= 0.6 is 0 Å². The quantitative estimate of drug-likeness (QED) is 0.330. The molecule has 13 heavy (non-hydrogen) atoms. The van der Waals surface area contributed by atoms with Gasteiger partial charge in [-0.25, -0.2) is 8.78 Å². The van der Waals surface area contributed by atoms with Gasteiger partial charge in [0.05, 0.1) is 11.0 Å².